The molecule has 0 heterocycles. The van der Waals surface area contributed by atoms with Crippen LogP contribution in [0.4, 0.5) is 0 Å². The zero-order valence-electron chi connectivity index (χ0n) is 9.09. The van der Waals surface area contributed by atoms with Crippen LogP contribution in [0.2, 0.25) is 0 Å². The highest BCUT2D eigenvalue weighted by Crippen LogP contribution is 2.09. The molecule has 17 heavy (non-hydrogen) atoms. The molecule has 0 radical (unpaired) electrons. The number of hydrogen-bond acceptors (Lipinski definition) is 4. The lowest BCUT2D eigenvalue weighted by atomic mass is 10.2. The third-order valence-electron chi connectivity index (χ3n) is 2.13. The molecule has 0 aromatic heterocycles. The maximum atomic E-state index is 11.6. The first kappa shape index (κ1) is 13.2. The fraction of sp³-hybridized carbons (Fsp3) is 0.273. The quantitative estimate of drug-likeness (QED) is 0.816. The first-order chi connectivity index (χ1) is 7.93. The van der Waals surface area contributed by atoms with Gasteiger partial charge >= 0.3 is 0 Å². The number of amides is 1. The summed E-state index contributed by atoms with van der Waals surface area (Å²) in [5.74, 6) is -1.03. The molecule has 2 N–H and O–H groups in total. The third kappa shape index (κ3) is 4.66. The number of rotatable bonds is 5. The van der Waals surface area contributed by atoms with Gasteiger partial charge in [0.2, 0.25) is 5.91 Å². The number of nitriles is 1. The van der Waals surface area contributed by atoms with Crippen LogP contribution in [0.15, 0.2) is 24.3 Å². The highest BCUT2D eigenvalue weighted by molar-refractivity contribution is 7.90. The monoisotopic (exact) mass is 252 g/mol. The number of sulfone groups is 1. The van der Waals surface area contributed by atoms with Crippen LogP contribution < -0.4 is 5.73 Å². The van der Waals surface area contributed by atoms with Gasteiger partial charge in [0, 0.05) is 6.42 Å². The number of nitrogens with two attached hydrogens (primary N) is 1. The standard InChI is InChI=1S/C11H12N2O3S/c12-7-9-1-3-10(4-2-9)8-17(15,16)6-5-11(13)14/h1-4H,5-6,8H2,(H2,13,14). The van der Waals surface area contributed by atoms with Gasteiger partial charge in [-0.15, -0.1) is 0 Å². The first-order valence-corrected chi connectivity index (χ1v) is 6.73. The summed E-state index contributed by atoms with van der Waals surface area (Å²) < 4.78 is 23.2. The van der Waals surface area contributed by atoms with Crippen molar-refractivity contribution in [3.63, 3.8) is 0 Å². The second kappa shape index (κ2) is 5.46. The number of carbonyl (C=O) groups is 1. The molecule has 0 bridgehead atoms. The van der Waals surface area contributed by atoms with Crippen molar-refractivity contribution in [1.82, 2.24) is 0 Å². The van der Waals surface area contributed by atoms with Crippen molar-refractivity contribution < 1.29 is 13.2 Å². The number of primary amides is 1. The second-order valence-corrected chi connectivity index (χ2v) is 5.80. The summed E-state index contributed by atoms with van der Waals surface area (Å²) in [4.78, 5) is 10.5. The third-order valence-corrected chi connectivity index (χ3v) is 3.73. The van der Waals surface area contributed by atoms with E-state index in [4.69, 9.17) is 11.0 Å². The molecule has 90 valence electrons. The summed E-state index contributed by atoms with van der Waals surface area (Å²) in [5, 5.41) is 8.59. The molecule has 1 rings (SSSR count). The molecule has 0 saturated heterocycles. The Balaban J connectivity index is 2.70. The van der Waals surface area contributed by atoms with Gasteiger partial charge in [0.15, 0.2) is 9.84 Å². The second-order valence-electron chi connectivity index (χ2n) is 3.62. The first-order valence-electron chi connectivity index (χ1n) is 4.91. The van der Waals surface area contributed by atoms with E-state index >= 15 is 0 Å². The van der Waals surface area contributed by atoms with E-state index in [0.717, 1.165) is 0 Å². The lowest BCUT2D eigenvalue weighted by Gasteiger charge is -2.03. The van der Waals surface area contributed by atoms with Crippen molar-refractivity contribution in [3.05, 3.63) is 35.4 Å². The zero-order chi connectivity index (χ0) is 12.9. The van der Waals surface area contributed by atoms with Gasteiger partial charge in [0.05, 0.1) is 23.1 Å². The zero-order valence-corrected chi connectivity index (χ0v) is 9.90. The van der Waals surface area contributed by atoms with Gasteiger partial charge < -0.3 is 5.73 Å². The van der Waals surface area contributed by atoms with E-state index in [9.17, 15) is 13.2 Å². The molecule has 0 spiro atoms. The average molecular weight is 252 g/mol. The van der Waals surface area contributed by atoms with E-state index in [-0.39, 0.29) is 17.9 Å². The molecule has 5 nitrogen and oxygen atoms in total. The Labute approximate surface area is 99.8 Å². The molecule has 1 aromatic carbocycles. The van der Waals surface area contributed by atoms with Crippen LogP contribution in [0.5, 0.6) is 0 Å². The molecule has 0 aliphatic carbocycles. The van der Waals surface area contributed by atoms with Gasteiger partial charge in [-0.25, -0.2) is 8.42 Å². The summed E-state index contributed by atoms with van der Waals surface area (Å²) in [6.07, 6.45) is -0.168. The number of hydrogen-bond donors (Lipinski definition) is 1. The topological polar surface area (TPSA) is 101 Å². The van der Waals surface area contributed by atoms with Crippen LogP contribution in [0.3, 0.4) is 0 Å². The largest absolute Gasteiger partial charge is 0.370 e. The fourth-order valence-corrected chi connectivity index (χ4v) is 2.61. The van der Waals surface area contributed by atoms with E-state index in [1.165, 1.54) is 0 Å². The van der Waals surface area contributed by atoms with Crippen molar-refractivity contribution in [2.45, 2.75) is 12.2 Å². The Bertz CT molecular complexity index is 541. The molecular weight excluding hydrogens is 240 g/mol. The van der Waals surface area contributed by atoms with E-state index in [2.05, 4.69) is 0 Å². The van der Waals surface area contributed by atoms with Crippen LogP contribution in [-0.4, -0.2) is 20.1 Å². The highest BCUT2D eigenvalue weighted by atomic mass is 32.2. The maximum absolute atomic E-state index is 11.6. The smallest absolute Gasteiger partial charge is 0.218 e. The van der Waals surface area contributed by atoms with Crippen LogP contribution in [0.25, 0.3) is 0 Å². The Hall–Kier alpha value is -1.87. The molecule has 1 amide bonds. The fourth-order valence-electron chi connectivity index (χ4n) is 1.26. The molecule has 0 fully saturated rings. The summed E-state index contributed by atoms with van der Waals surface area (Å²) in [6.45, 7) is 0. The molecule has 0 saturated carbocycles. The molecule has 6 heteroatoms. The van der Waals surface area contributed by atoms with E-state index in [1.807, 2.05) is 6.07 Å². The SMILES string of the molecule is N#Cc1ccc(CS(=O)(=O)CCC(N)=O)cc1. The van der Waals surface area contributed by atoms with E-state index < -0.39 is 15.7 Å². The Kier molecular flexibility index (Phi) is 4.24. The maximum Gasteiger partial charge on any atom is 0.218 e. The van der Waals surface area contributed by atoms with E-state index in [0.29, 0.717) is 11.1 Å². The predicted molar refractivity (Wildman–Crippen MR) is 62.5 cm³/mol. The van der Waals surface area contributed by atoms with Crippen molar-refractivity contribution >= 4 is 15.7 Å². The Morgan fingerprint density at radius 1 is 1.29 bits per heavy atom. The lowest BCUT2D eigenvalue weighted by Crippen LogP contribution is -2.18. The van der Waals surface area contributed by atoms with Gasteiger partial charge in [0.1, 0.15) is 0 Å². The molecule has 1 aromatic rings. The Morgan fingerprint density at radius 2 is 1.88 bits per heavy atom. The van der Waals surface area contributed by atoms with Crippen molar-refractivity contribution in [2.24, 2.45) is 5.73 Å². The minimum Gasteiger partial charge on any atom is -0.370 e. The van der Waals surface area contributed by atoms with Gasteiger partial charge in [0.25, 0.3) is 0 Å². The molecule has 0 aliphatic rings. The van der Waals surface area contributed by atoms with Crippen LogP contribution >= 0.6 is 0 Å². The van der Waals surface area contributed by atoms with E-state index in [1.54, 1.807) is 24.3 Å². The summed E-state index contributed by atoms with van der Waals surface area (Å²) in [6, 6.07) is 8.22. The van der Waals surface area contributed by atoms with Crippen molar-refractivity contribution in [2.75, 3.05) is 5.75 Å². The van der Waals surface area contributed by atoms with Gasteiger partial charge in [-0.3, -0.25) is 4.79 Å². The summed E-state index contributed by atoms with van der Waals surface area (Å²) >= 11 is 0. The molecule has 0 aliphatic heterocycles. The van der Waals surface area contributed by atoms with Gasteiger partial charge in [-0.1, -0.05) is 12.1 Å². The Morgan fingerprint density at radius 3 is 2.35 bits per heavy atom. The highest BCUT2D eigenvalue weighted by Gasteiger charge is 2.13. The molecule has 0 atom stereocenters. The molecular formula is C11H12N2O3S. The normalized spacial score (nSPS) is 10.8. The predicted octanol–water partition coefficient (Wildman–Crippen LogP) is 0.348. The van der Waals surface area contributed by atoms with Crippen LogP contribution in [0, 0.1) is 11.3 Å². The summed E-state index contributed by atoms with van der Waals surface area (Å²) in [5.41, 5.74) is 5.96. The molecule has 0 unspecified atom stereocenters. The van der Waals surface area contributed by atoms with Gasteiger partial charge in [-0.05, 0) is 17.7 Å². The lowest BCUT2D eigenvalue weighted by molar-refractivity contribution is -0.117. The van der Waals surface area contributed by atoms with Crippen molar-refractivity contribution in [1.29, 1.82) is 5.26 Å². The number of benzene rings is 1. The average Bonchev–Trinajstić information content (AvgIpc) is 2.27. The van der Waals surface area contributed by atoms with Crippen molar-refractivity contribution in [3.8, 4) is 6.07 Å². The van der Waals surface area contributed by atoms with Gasteiger partial charge in [-0.2, -0.15) is 5.26 Å². The van der Waals surface area contributed by atoms with Crippen LogP contribution in [0.1, 0.15) is 17.5 Å². The minimum atomic E-state index is -3.33. The summed E-state index contributed by atoms with van der Waals surface area (Å²) in [7, 11) is -3.33. The minimum absolute atomic E-state index is 0.147. The number of carbonyl (C=O) groups excluding carboxylic acids is 1. The number of nitrogens with zero attached hydrogens (tertiary/aromatic N) is 1. The van der Waals surface area contributed by atoms with Crippen LogP contribution in [-0.2, 0) is 20.4 Å².